The number of hydrogen-bond acceptors (Lipinski definition) is 0. The minimum absolute atomic E-state index is 0.112. The highest BCUT2D eigenvalue weighted by molar-refractivity contribution is 5.93. The van der Waals surface area contributed by atoms with Crippen LogP contribution in [0.2, 0.25) is 0 Å². The van der Waals surface area contributed by atoms with Gasteiger partial charge in [0, 0.05) is 13.0 Å². The number of hydrogen-bond donors (Lipinski definition) is 0. The topological polar surface area (TPSA) is 3.88 Å². The molecule has 1 heterocycles. The zero-order valence-corrected chi connectivity index (χ0v) is 15.0. The lowest BCUT2D eigenvalue weighted by atomic mass is 9.84. The Kier molecular flexibility index (Phi) is 3.45. The molecular weight excluding hydrogens is 278 g/mol. The van der Waals surface area contributed by atoms with Gasteiger partial charge in [-0.2, -0.15) is 4.57 Å². The fraction of sp³-hybridized carbons (Fsp3) is 0.318. The summed E-state index contributed by atoms with van der Waals surface area (Å²) in [7, 11) is 2.07. The molecule has 1 heteroatoms. The monoisotopic (exact) mass is 305 g/mol. The van der Waals surface area contributed by atoms with Crippen molar-refractivity contribution in [2.75, 3.05) is 0 Å². The lowest BCUT2D eigenvalue weighted by Crippen LogP contribution is -2.35. The Morgan fingerprint density at radius 2 is 1.70 bits per heavy atom. The van der Waals surface area contributed by atoms with Crippen LogP contribution in [0.4, 0.5) is 0 Å². The maximum absolute atomic E-state index is 8.46. The summed E-state index contributed by atoms with van der Waals surface area (Å²) in [6, 6.07) is 15.6. The molecule has 0 spiro atoms. The van der Waals surface area contributed by atoms with Crippen LogP contribution in [0.25, 0.3) is 22.0 Å². The number of aryl methyl sites for hydroxylation is 1. The molecule has 0 fully saturated rings. The summed E-state index contributed by atoms with van der Waals surface area (Å²) in [6.45, 7) is 10.9. The van der Waals surface area contributed by atoms with E-state index in [4.69, 9.17) is 1.37 Å². The van der Waals surface area contributed by atoms with Gasteiger partial charge in [-0.1, -0.05) is 51.1 Å². The van der Waals surface area contributed by atoms with E-state index in [1.54, 1.807) is 0 Å². The Morgan fingerprint density at radius 3 is 2.39 bits per heavy atom. The maximum Gasteiger partial charge on any atom is 0.220 e. The van der Waals surface area contributed by atoms with E-state index in [-0.39, 0.29) is 5.41 Å². The number of fused-ring (bicyclic) bond motifs is 1. The van der Waals surface area contributed by atoms with E-state index >= 15 is 0 Å². The number of pyridine rings is 1. The predicted molar refractivity (Wildman–Crippen MR) is 98.7 cm³/mol. The number of rotatable bonds is 1. The van der Waals surface area contributed by atoms with Crippen LogP contribution in [0.15, 0.2) is 48.5 Å². The average Bonchev–Trinajstić information content (AvgIpc) is 2.53. The molecule has 0 bridgehead atoms. The van der Waals surface area contributed by atoms with E-state index in [0.29, 0.717) is 6.04 Å². The van der Waals surface area contributed by atoms with E-state index in [0.717, 1.165) is 16.5 Å². The van der Waals surface area contributed by atoms with Gasteiger partial charge in [-0.15, -0.1) is 0 Å². The summed E-state index contributed by atoms with van der Waals surface area (Å²) in [6.07, 6.45) is 0. The smallest absolute Gasteiger partial charge is 0.198 e. The SMILES string of the molecule is [2H]c1c(C)[n+](C)c(-c2cc(C(C)(C)C)ccc2C)c2ccccc12. The summed E-state index contributed by atoms with van der Waals surface area (Å²) in [5.41, 5.74) is 6.15. The van der Waals surface area contributed by atoms with E-state index in [2.05, 4.69) is 75.7 Å². The molecule has 2 aromatic carbocycles. The first-order chi connectivity index (χ1) is 11.2. The number of nitrogens with zero attached hydrogens (tertiary/aromatic N) is 1. The van der Waals surface area contributed by atoms with Crippen molar-refractivity contribution >= 4 is 10.8 Å². The summed E-state index contributed by atoms with van der Waals surface area (Å²) in [5.74, 6) is 0. The van der Waals surface area contributed by atoms with Crippen molar-refractivity contribution in [1.82, 2.24) is 0 Å². The first-order valence-corrected chi connectivity index (χ1v) is 8.21. The average molecular weight is 305 g/mol. The molecule has 0 saturated carbocycles. The summed E-state index contributed by atoms with van der Waals surface area (Å²) in [4.78, 5) is 0. The van der Waals surface area contributed by atoms with Crippen molar-refractivity contribution in [3.05, 3.63) is 65.3 Å². The first-order valence-electron chi connectivity index (χ1n) is 8.71. The molecule has 1 aromatic heterocycles. The zero-order chi connectivity index (χ0) is 17.6. The van der Waals surface area contributed by atoms with Crippen LogP contribution >= 0.6 is 0 Å². The highest BCUT2D eigenvalue weighted by Crippen LogP contribution is 2.32. The number of benzene rings is 2. The fourth-order valence-electron chi connectivity index (χ4n) is 3.10. The van der Waals surface area contributed by atoms with Crippen molar-refractivity contribution in [3.8, 4) is 11.3 Å². The van der Waals surface area contributed by atoms with Crippen molar-refractivity contribution in [3.63, 3.8) is 0 Å². The van der Waals surface area contributed by atoms with Crippen molar-refractivity contribution in [2.24, 2.45) is 7.05 Å². The zero-order valence-electron chi connectivity index (χ0n) is 16.0. The van der Waals surface area contributed by atoms with Gasteiger partial charge in [0.15, 0.2) is 5.69 Å². The third-order valence-electron chi connectivity index (χ3n) is 4.69. The van der Waals surface area contributed by atoms with Crippen molar-refractivity contribution in [1.29, 1.82) is 0 Å². The second kappa shape index (κ2) is 5.49. The molecule has 23 heavy (non-hydrogen) atoms. The molecular formula is C22H26N+. The molecule has 3 aromatic rings. The molecule has 0 atom stereocenters. The maximum atomic E-state index is 8.46. The van der Waals surface area contributed by atoms with Crippen LogP contribution in [-0.4, -0.2) is 0 Å². The normalized spacial score (nSPS) is 12.5. The van der Waals surface area contributed by atoms with Crippen LogP contribution in [0.1, 0.15) is 39.0 Å². The molecule has 3 rings (SSSR count). The van der Waals surface area contributed by atoms with Crippen LogP contribution in [-0.2, 0) is 12.5 Å². The quantitative estimate of drug-likeness (QED) is 0.541. The lowest BCUT2D eigenvalue weighted by molar-refractivity contribution is -0.665. The van der Waals surface area contributed by atoms with Gasteiger partial charge in [0.25, 0.3) is 0 Å². The van der Waals surface area contributed by atoms with Crippen LogP contribution in [0.5, 0.6) is 0 Å². The largest absolute Gasteiger partial charge is 0.220 e. The van der Waals surface area contributed by atoms with Crippen LogP contribution < -0.4 is 4.57 Å². The summed E-state index contributed by atoms with van der Waals surface area (Å²) >= 11 is 0. The second-order valence-corrected chi connectivity index (χ2v) is 7.44. The predicted octanol–water partition coefficient (Wildman–Crippen LogP) is 5.25. The molecule has 0 unspecified atom stereocenters. The molecule has 0 radical (unpaired) electrons. The highest BCUT2D eigenvalue weighted by Gasteiger charge is 2.22. The minimum Gasteiger partial charge on any atom is -0.198 e. The van der Waals surface area contributed by atoms with Gasteiger partial charge in [-0.25, -0.2) is 0 Å². The Labute approximate surface area is 141 Å². The first kappa shape index (κ1) is 14.4. The van der Waals surface area contributed by atoms with Gasteiger partial charge in [0.2, 0.25) is 5.69 Å². The van der Waals surface area contributed by atoms with Crippen molar-refractivity contribution < 1.29 is 5.94 Å². The Bertz CT molecular complexity index is 933. The third-order valence-corrected chi connectivity index (χ3v) is 4.69. The molecule has 0 N–H and O–H groups in total. The standard InChI is InChI=1S/C22H26N/c1-15-11-12-18(22(3,4)5)14-20(15)21-19-10-8-7-9-17(19)13-16(2)23(21)6/h7-14H,1-6H3/q+1/i13D. The van der Waals surface area contributed by atoms with Crippen LogP contribution in [0.3, 0.4) is 0 Å². The van der Waals surface area contributed by atoms with E-state index in [1.165, 1.54) is 22.4 Å². The molecule has 0 saturated heterocycles. The molecule has 0 aliphatic carbocycles. The van der Waals surface area contributed by atoms with Gasteiger partial charge in [0.1, 0.15) is 7.05 Å². The third kappa shape index (κ3) is 2.76. The van der Waals surface area contributed by atoms with Crippen LogP contribution in [0, 0.1) is 13.8 Å². The Balaban J connectivity index is 2.43. The molecule has 118 valence electrons. The lowest BCUT2D eigenvalue weighted by Gasteiger charge is -2.20. The molecule has 1 nitrogen and oxygen atoms in total. The molecule has 0 amide bonds. The van der Waals surface area contributed by atoms with Gasteiger partial charge in [-0.05, 0) is 41.0 Å². The highest BCUT2D eigenvalue weighted by atomic mass is 14.9. The van der Waals surface area contributed by atoms with E-state index in [1.807, 2.05) is 13.0 Å². The number of aromatic nitrogens is 1. The van der Waals surface area contributed by atoms with Gasteiger partial charge >= 0.3 is 0 Å². The summed E-state index contributed by atoms with van der Waals surface area (Å²) < 4.78 is 10.6. The van der Waals surface area contributed by atoms with E-state index < -0.39 is 0 Å². The fourth-order valence-corrected chi connectivity index (χ4v) is 3.10. The second-order valence-electron chi connectivity index (χ2n) is 7.44. The molecule has 0 aliphatic heterocycles. The Hall–Kier alpha value is -2.15. The Morgan fingerprint density at radius 1 is 1.00 bits per heavy atom. The summed E-state index contributed by atoms with van der Waals surface area (Å²) in [5, 5.41) is 2.16. The van der Waals surface area contributed by atoms with Crippen molar-refractivity contribution in [2.45, 2.75) is 40.0 Å². The van der Waals surface area contributed by atoms with Gasteiger partial charge < -0.3 is 0 Å². The minimum atomic E-state index is 0.112. The van der Waals surface area contributed by atoms with Gasteiger partial charge in [-0.3, -0.25) is 0 Å². The van der Waals surface area contributed by atoms with Gasteiger partial charge in [0.05, 0.1) is 12.3 Å². The molecule has 0 aliphatic rings. The van der Waals surface area contributed by atoms with E-state index in [9.17, 15) is 0 Å².